The molecule has 3 unspecified atom stereocenters. The molecular weight excluding hydrogens is 212 g/mol. The van der Waals surface area contributed by atoms with Crippen molar-refractivity contribution in [1.29, 1.82) is 0 Å². The van der Waals surface area contributed by atoms with Crippen LogP contribution in [0.4, 0.5) is 0 Å². The number of esters is 1. The first-order valence-electron chi connectivity index (χ1n) is 6.62. The van der Waals surface area contributed by atoms with E-state index in [-0.39, 0.29) is 11.4 Å². The summed E-state index contributed by atoms with van der Waals surface area (Å²) < 4.78 is 5.23. The second-order valence-electron chi connectivity index (χ2n) is 6.08. The topological polar surface area (TPSA) is 26.3 Å². The lowest BCUT2D eigenvalue weighted by Crippen LogP contribution is -2.41. The van der Waals surface area contributed by atoms with E-state index in [4.69, 9.17) is 4.74 Å². The van der Waals surface area contributed by atoms with Crippen LogP contribution in [0.3, 0.4) is 0 Å². The molecule has 2 nitrogen and oxygen atoms in total. The molecule has 0 spiro atoms. The third-order valence-corrected chi connectivity index (χ3v) is 5.19. The average molecular weight is 232 g/mol. The fourth-order valence-corrected chi connectivity index (χ4v) is 4.03. The molecule has 1 heterocycles. The van der Waals surface area contributed by atoms with Gasteiger partial charge < -0.3 is 4.74 Å². The van der Waals surface area contributed by atoms with Crippen LogP contribution in [0, 0.1) is 17.3 Å². The molecular formula is C15H20O2. The summed E-state index contributed by atoms with van der Waals surface area (Å²) in [7, 11) is 0. The van der Waals surface area contributed by atoms with E-state index < -0.39 is 0 Å². The van der Waals surface area contributed by atoms with Crippen molar-refractivity contribution in [3.63, 3.8) is 0 Å². The van der Waals surface area contributed by atoms with Crippen LogP contribution in [0.25, 0.3) is 0 Å². The maximum atomic E-state index is 11.9. The summed E-state index contributed by atoms with van der Waals surface area (Å²) >= 11 is 0. The van der Waals surface area contributed by atoms with Gasteiger partial charge in [0.2, 0.25) is 0 Å². The molecule has 2 aliphatic carbocycles. The summed E-state index contributed by atoms with van der Waals surface area (Å²) in [4.78, 5) is 11.9. The zero-order valence-corrected chi connectivity index (χ0v) is 10.7. The van der Waals surface area contributed by atoms with Crippen molar-refractivity contribution in [1.82, 2.24) is 0 Å². The van der Waals surface area contributed by atoms with Crippen LogP contribution in [0.15, 0.2) is 23.3 Å². The third kappa shape index (κ3) is 1.36. The highest BCUT2D eigenvalue weighted by Gasteiger charge is 2.51. The molecule has 92 valence electrons. The van der Waals surface area contributed by atoms with Gasteiger partial charge in [-0.3, -0.25) is 0 Å². The van der Waals surface area contributed by atoms with E-state index in [0.29, 0.717) is 18.4 Å². The lowest BCUT2D eigenvalue weighted by molar-refractivity contribution is -0.137. The Hall–Kier alpha value is -1.05. The SMILES string of the molecule is C=C1C(C)CCC2(C)C3=C(CCC12)COC3=O. The normalized spacial score (nSPS) is 41.1. The Balaban J connectivity index is 2.06. The first-order valence-corrected chi connectivity index (χ1v) is 6.62. The van der Waals surface area contributed by atoms with Crippen LogP contribution < -0.4 is 0 Å². The fourth-order valence-electron chi connectivity index (χ4n) is 4.03. The molecule has 0 aromatic heterocycles. The highest BCUT2D eigenvalue weighted by molar-refractivity contribution is 5.93. The number of hydrogen-bond acceptors (Lipinski definition) is 2. The quantitative estimate of drug-likeness (QED) is 0.473. The second-order valence-corrected chi connectivity index (χ2v) is 6.08. The maximum absolute atomic E-state index is 11.9. The molecule has 0 aromatic rings. The van der Waals surface area contributed by atoms with Gasteiger partial charge in [-0.1, -0.05) is 26.0 Å². The molecule has 0 radical (unpaired) electrons. The molecule has 1 aliphatic heterocycles. The van der Waals surface area contributed by atoms with Crippen LogP contribution in [0.5, 0.6) is 0 Å². The van der Waals surface area contributed by atoms with Gasteiger partial charge in [0.15, 0.2) is 0 Å². The number of fused-ring (bicyclic) bond motifs is 2. The van der Waals surface area contributed by atoms with Crippen LogP contribution in [0.2, 0.25) is 0 Å². The van der Waals surface area contributed by atoms with Crippen molar-refractivity contribution in [2.24, 2.45) is 17.3 Å². The molecule has 2 heteroatoms. The van der Waals surface area contributed by atoms with Crippen molar-refractivity contribution < 1.29 is 9.53 Å². The molecule has 0 aromatic carbocycles. The number of hydrogen-bond donors (Lipinski definition) is 0. The number of rotatable bonds is 0. The highest BCUT2D eigenvalue weighted by Crippen LogP contribution is 2.57. The molecule has 3 aliphatic rings. The monoisotopic (exact) mass is 232 g/mol. The molecule has 0 N–H and O–H groups in total. The van der Waals surface area contributed by atoms with Gasteiger partial charge in [-0.05, 0) is 43.1 Å². The van der Waals surface area contributed by atoms with Crippen LogP contribution in [-0.2, 0) is 9.53 Å². The molecule has 1 fully saturated rings. The van der Waals surface area contributed by atoms with Gasteiger partial charge in [0.25, 0.3) is 0 Å². The van der Waals surface area contributed by atoms with Crippen molar-refractivity contribution >= 4 is 5.97 Å². The van der Waals surface area contributed by atoms with Crippen molar-refractivity contribution in [2.45, 2.75) is 39.5 Å². The number of allylic oxidation sites excluding steroid dienone is 1. The predicted molar refractivity (Wildman–Crippen MR) is 66.4 cm³/mol. The lowest BCUT2D eigenvalue weighted by atomic mass is 9.55. The van der Waals surface area contributed by atoms with Gasteiger partial charge in [-0.15, -0.1) is 0 Å². The zero-order valence-electron chi connectivity index (χ0n) is 10.7. The van der Waals surface area contributed by atoms with Crippen LogP contribution in [0.1, 0.15) is 39.5 Å². The molecule has 3 atom stereocenters. The second kappa shape index (κ2) is 3.47. The summed E-state index contributed by atoms with van der Waals surface area (Å²) in [5, 5.41) is 0. The number of carbonyl (C=O) groups excluding carboxylic acids is 1. The number of carbonyl (C=O) groups is 1. The Morgan fingerprint density at radius 3 is 2.94 bits per heavy atom. The van der Waals surface area contributed by atoms with Gasteiger partial charge in [-0.25, -0.2) is 4.79 Å². The Morgan fingerprint density at radius 2 is 2.18 bits per heavy atom. The first kappa shape index (κ1) is 11.1. The number of cyclic esters (lactones) is 1. The smallest absolute Gasteiger partial charge is 0.334 e. The molecule has 0 bridgehead atoms. The minimum atomic E-state index is -0.0606. The van der Waals surface area contributed by atoms with E-state index in [9.17, 15) is 4.79 Å². The van der Waals surface area contributed by atoms with E-state index >= 15 is 0 Å². The van der Waals surface area contributed by atoms with E-state index in [1.165, 1.54) is 11.1 Å². The predicted octanol–water partition coefficient (Wildman–Crippen LogP) is 3.24. The third-order valence-electron chi connectivity index (χ3n) is 5.19. The van der Waals surface area contributed by atoms with Gasteiger partial charge >= 0.3 is 5.97 Å². The maximum Gasteiger partial charge on any atom is 0.334 e. The Morgan fingerprint density at radius 1 is 1.41 bits per heavy atom. The van der Waals surface area contributed by atoms with Crippen LogP contribution in [-0.4, -0.2) is 12.6 Å². The van der Waals surface area contributed by atoms with Crippen molar-refractivity contribution in [2.75, 3.05) is 6.61 Å². The van der Waals surface area contributed by atoms with Crippen LogP contribution >= 0.6 is 0 Å². The molecule has 1 saturated carbocycles. The Labute approximate surface area is 103 Å². The van der Waals surface area contributed by atoms with E-state index in [0.717, 1.165) is 31.3 Å². The lowest BCUT2D eigenvalue weighted by Gasteiger charge is -2.48. The van der Waals surface area contributed by atoms with E-state index in [1.807, 2.05) is 0 Å². The van der Waals surface area contributed by atoms with Gasteiger partial charge in [-0.2, -0.15) is 0 Å². The van der Waals surface area contributed by atoms with Gasteiger partial charge in [0.1, 0.15) is 6.61 Å². The minimum Gasteiger partial charge on any atom is -0.458 e. The molecule has 0 saturated heterocycles. The highest BCUT2D eigenvalue weighted by atomic mass is 16.5. The zero-order chi connectivity index (χ0) is 12.2. The summed E-state index contributed by atoms with van der Waals surface area (Å²) in [6.07, 6.45) is 4.42. The molecule has 3 rings (SSSR count). The molecule has 0 amide bonds. The minimum absolute atomic E-state index is 0.00472. The van der Waals surface area contributed by atoms with E-state index in [1.54, 1.807) is 0 Å². The van der Waals surface area contributed by atoms with Crippen molar-refractivity contribution in [3.8, 4) is 0 Å². The summed E-state index contributed by atoms with van der Waals surface area (Å²) in [5.41, 5.74) is 3.62. The number of ether oxygens (including phenoxy) is 1. The average Bonchev–Trinajstić information content (AvgIpc) is 2.68. The fraction of sp³-hybridized carbons (Fsp3) is 0.667. The summed E-state index contributed by atoms with van der Waals surface area (Å²) in [6.45, 7) is 9.34. The largest absolute Gasteiger partial charge is 0.458 e. The first-order chi connectivity index (χ1) is 8.04. The Bertz CT molecular complexity index is 432. The standard InChI is InChI=1S/C15H20O2/c1-9-6-7-15(3)12(10(9)2)5-4-11-8-17-14(16)13(11)15/h9,12H,2,4-8H2,1,3H3. The summed E-state index contributed by atoms with van der Waals surface area (Å²) in [5.74, 6) is 1.03. The molecule has 17 heavy (non-hydrogen) atoms. The summed E-state index contributed by atoms with van der Waals surface area (Å²) in [6, 6.07) is 0. The van der Waals surface area contributed by atoms with Gasteiger partial charge in [0, 0.05) is 11.0 Å². The van der Waals surface area contributed by atoms with Gasteiger partial charge in [0.05, 0.1) is 0 Å². The van der Waals surface area contributed by atoms with E-state index in [2.05, 4.69) is 20.4 Å². The Kier molecular flexibility index (Phi) is 2.26. The van der Waals surface area contributed by atoms with Crippen molar-refractivity contribution in [3.05, 3.63) is 23.3 Å².